The molecule has 110 valence electrons. The van der Waals surface area contributed by atoms with Crippen LogP contribution in [0, 0.1) is 5.41 Å². The molecule has 0 bridgehead atoms. The van der Waals surface area contributed by atoms with Crippen molar-refractivity contribution in [2.24, 2.45) is 5.41 Å². The second-order valence-electron chi connectivity index (χ2n) is 6.67. The molecule has 0 aromatic rings. The summed E-state index contributed by atoms with van der Waals surface area (Å²) in [5.74, 6) is 0.247. The number of hydrogen-bond acceptors (Lipinski definition) is 3. The minimum atomic E-state index is 0.247. The second kappa shape index (κ2) is 5.80. The average molecular weight is 268 g/mol. The Balaban J connectivity index is 1.95. The molecule has 1 aliphatic carbocycles. The molecule has 1 aliphatic heterocycles. The number of carbonyl (C=O) groups excluding carboxylic acids is 1. The van der Waals surface area contributed by atoms with Gasteiger partial charge in [-0.2, -0.15) is 0 Å². The fourth-order valence-corrected chi connectivity index (χ4v) is 3.82. The Hall–Kier alpha value is -0.610. The van der Waals surface area contributed by atoms with Gasteiger partial charge in [-0.3, -0.25) is 4.79 Å². The Labute approximate surface area is 116 Å². The minimum Gasteiger partial charge on any atom is -0.385 e. The van der Waals surface area contributed by atoms with Crippen molar-refractivity contribution in [3.63, 3.8) is 0 Å². The van der Waals surface area contributed by atoms with Crippen LogP contribution in [0.4, 0.5) is 0 Å². The molecular weight excluding hydrogens is 240 g/mol. The summed E-state index contributed by atoms with van der Waals surface area (Å²) >= 11 is 0. The first kappa shape index (κ1) is 14.8. The van der Waals surface area contributed by atoms with Crippen LogP contribution in [0.1, 0.15) is 44.9 Å². The first-order valence-electron chi connectivity index (χ1n) is 7.45. The van der Waals surface area contributed by atoms with Crippen molar-refractivity contribution >= 4 is 5.91 Å². The van der Waals surface area contributed by atoms with E-state index in [1.54, 1.807) is 7.11 Å². The highest BCUT2D eigenvalue weighted by molar-refractivity contribution is 5.79. The lowest BCUT2D eigenvalue weighted by Gasteiger charge is -2.48. The summed E-state index contributed by atoms with van der Waals surface area (Å²) in [5.41, 5.74) is 0.577. The molecule has 1 saturated heterocycles. The van der Waals surface area contributed by atoms with Gasteiger partial charge in [-0.25, -0.2) is 0 Å². The van der Waals surface area contributed by atoms with E-state index in [1.165, 1.54) is 32.1 Å². The quantitative estimate of drug-likeness (QED) is 0.773. The van der Waals surface area contributed by atoms with Crippen LogP contribution in [0.5, 0.6) is 0 Å². The predicted molar refractivity (Wildman–Crippen MR) is 76.1 cm³/mol. The molecule has 0 aromatic carbocycles. The van der Waals surface area contributed by atoms with Crippen LogP contribution in [0.3, 0.4) is 0 Å². The Morgan fingerprint density at radius 3 is 2.42 bits per heavy atom. The van der Waals surface area contributed by atoms with Crippen LogP contribution in [0.15, 0.2) is 0 Å². The van der Waals surface area contributed by atoms with Gasteiger partial charge in [0.2, 0.25) is 5.91 Å². The molecule has 4 heteroatoms. The van der Waals surface area contributed by atoms with Crippen LogP contribution in [0.25, 0.3) is 0 Å². The predicted octanol–water partition coefficient (Wildman–Crippen LogP) is 1.79. The third-order valence-electron chi connectivity index (χ3n) is 5.38. The van der Waals surface area contributed by atoms with Crippen LogP contribution in [0.2, 0.25) is 0 Å². The Kier molecular flexibility index (Phi) is 4.51. The molecule has 0 atom stereocenters. The van der Waals surface area contributed by atoms with E-state index in [1.807, 2.05) is 0 Å². The smallest absolute Gasteiger partial charge is 0.220 e. The van der Waals surface area contributed by atoms with Gasteiger partial charge in [0, 0.05) is 32.2 Å². The summed E-state index contributed by atoms with van der Waals surface area (Å²) in [7, 11) is 6.17. The van der Waals surface area contributed by atoms with E-state index >= 15 is 0 Å². The molecule has 1 heterocycles. The zero-order valence-electron chi connectivity index (χ0n) is 12.6. The lowest BCUT2D eigenvalue weighted by atomic mass is 9.65. The number of nitrogens with one attached hydrogen (secondary N) is 1. The largest absolute Gasteiger partial charge is 0.385 e. The van der Waals surface area contributed by atoms with Gasteiger partial charge in [0.1, 0.15) is 0 Å². The van der Waals surface area contributed by atoms with Gasteiger partial charge in [-0.1, -0.05) is 0 Å². The van der Waals surface area contributed by atoms with E-state index in [4.69, 9.17) is 4.74 Å². The summed E-state index contributed by atoms with van der Waals surface area (Å²) < 4.78 is 5.19. The van der Waals surface area contributed by atoms with E-state index in [9.17, 15) is 4.79 Å². The third-order valence-corrected chi connectivity index (χ3v) is 5.38. The summed E-state index contributed by atoms with van der Waals surface area (Å²) in [6, 6.07) is 0. The highest BCUT2D eigenvalue weighted by Gasteiger charge is 2.46. The standard InChI is InChI=1S/C15H28N2O2/c1-17(2)15(5-4-10-19-3)8-6-14(7-9-15)11-13(18)16-12-14/h4-12H2,1-3H3,(H,16,18)/t14-,15+. The molecule has 1 spiro atoms. The number of carbonyl (C=O) groups is 1. The molecule has 4 nitrogen and oxygen atoms in total. The zero-order chi connectivity index (χ0) is 13.9. The van der Waals surface area contributed by atoms with E-state index in [-0.39, 0.29) is 11.3 Å². The molecule has 19 heavy (non-hydrogen) atoms. The molecule has 0 unspecified atom stereocenters. The number of nitrogens with zero attached hydrogens (tertiary/aromatic N) is 1. The molecule has 2 aliphatic rings. The normalized spacial score (nSPS) is 35.1. The number of methoxy groups -OCH3 is 1. The lowest BCUT2D eigenvalue weighted by molar-refractivity contribution is -0.120. The third kappa shape index (κ3) is 3.11. The van der Waals surface area contributed by atoms with Gasteiger partial charge in [0.15, 0.2) is 0 Å². The fourth-order valence-electron chi connectivity index (χ4n) is 3.82. The molecular formula is C15H28N2O2. The summed E-state index contributed by atoms with van der Waals surface area (Å²) in [5, 5.41) is 3.02. The maximum absolute atomic E-state index is 11.5. The lowest BCUT2D eigenvalue weighted by Crippen LogP contribution is -2.49. The second-order valence-corrected chi connectivity index (χ2v) is 6.67. The van der Waals surface area contributed by atoms with E-state index in [2.05, 4.69) is 24.3 Å². The van der Waals surface area contributed by atoms with Gasteiger partial charge in [-0.05, 0) is 58.0 Å². The average Bonchev–Trinajstić information content (AvgIpc) is 2.74. The Morgan fingerprint density at radius 2 is 1.95 bits per heavy atom. The topological polar surface area (TPSA) is 41.6 Å². The van der Waals surface area contributed by atoms with Gasteiger partial charge in [-0.15, -0.1) is 0 Å². The van der Waals surface area contributed by atoms with Gasteiger partial charge < -0.3 is 15.0 Å². The highest BCUT2D eigenvalue weighted by Crippen LogP contribution is 2.47. The molecule has 0 aromatic heterocycles. The highest BCUT2D eigenvalue weighted by atomic mass is 16.5. The number of ether oxygens (including phenoxy) is 1. The minimum absolute atomic E-state index is 0.247. The molecule has 1 N–H and O–H groups in total. The molecule has 2 rings (SSSR count). The van der Waals surface area contributed by atoms with Crippen LogP contribution in [-0.2, 0) is 9.53 Å². The van der Waals surface area contributed by atoms with E-state index < -0.39 is 0 Å². The van der Waals surface area contributed by atoms with Crippen molar-refractivity contribution < 1.29 is 9.53 Å². The van der Waals surface area contributed by atoms with E-state index in [0.717, 1.165) is 26.0 Å². The van der Waals surface area contributed by atoms with Crippen molar-refractivity contribution in [1.82, 2.24) is 10.2 Å². The summed E-state index contributed by atoms with van der Waals surface area (Å²) in [6.07, 6.45) is 7.84. The van der Waals surface area contributed by atoms with Crippen molar-refractivity contribution in [2.45, 2.75) is 50.5 Å². The molecule has 1 saturated carbocycles. The molecule has 1 amide bonds. The van der Waals surface area contributed by atoms with Crippen LogP contribution >= 0.6 is 0 Å². The molecule has 0 radical (unpaired) electrons. The SMILES string of the molecule is COCCC[C@]1(N(C)C)CC[C@]2(CC1)CNC(=O)C2. The van der Waals surface area contributed by atoms with Crippen molar-refractivity contribution in [2.75, 3.05) is 34.4 Å². The summed E-state index contributed by atoms with van der Waals surface area (Å²) in [6.45, 7) is 1.74. The number of amides is 1. The van der Waals surface area contributed by atoms with Crippen molar-refractivity contribution in [3.05, 3.63) is 0 Å². The van der Waals surface area contributed by atoms with Gasteiger partial charge in [0.05, 0.1) is 0 Å². The van der Waals surface area contributed by atoms with Gasteiger partial charge >= 0.3 is 0 Å². The Morgan fingerprint density at radius 1 is 1.26 bits per heavy atom. The van der Waals surface area contributed by atoms with Gasteiger partial charge in [0.25, 0.3) is 0 Å². The molecule has 2 fully saturated rings. The maximum Gasteiger partial charge on any atom is 0.220 e. The van der Waals surface area contributed by atoms with Crippen LogP contribution < -0.4 is 5.32 Å². The maximum atomic E-state index is 11.5. The summed E-state index contributed by atoms with van der Waals surface area (Å²) in [4.78, 5) is 13.9. The Bertz CT molecular complexity index is 320. The monoisotopic (exact) mass is 268 g/mol. The fraction of sp³-hybridized carbons (Fsp3) is 0.933. The van der Waals surface area contributed by atoms with Crippen LogP contribution in [-0.4, -0.2) is 50.7 Å². The number of hydrogen-bond donors (Lipinski definition) is 1. The van der Waals surface area contributed by atoms with Crippen molar-refractivity contribution in [3.8, 4) is 0 Å². The zero-order valence-corrected chi connectivity index (χ0v) is 12.6. The first-order chi connectivity index (χ1) is 9.02. The van der Waals surface area contributed by atoms with Crippen molar-refractivity contribution in [1.29, 1.82) is 0 Å². The number of rotatable bonds is 5. The van der Waals surface area contributed by atoms with E-state index in [0.29, 0.717) is 5.54 Å². The first-order valence-corrected chi connectivity index (χ1v) is 7.45.